The van der Waals surface area contributed by atoms with Gasteiger partial charge in [-0.25, -0.2) is 0 Å². The van der Waals surface area contributed by atoms with Gasteiger partial charge in [0, 0.05) is 12.0 Å². The van der Waals surface area contributed by atoms with E-state index in [4.69, 9.17) is 0 Å². The summed E-state index contributed by atoms with van der Waals surface area (Å²) in [6, 6.07) is 9.14. The van der Waals surface area contributed by atoms with Crippen molar-refractivity contribution in [2.75, 3.05) is 13.6 Å². The Balaban J connectivity index is 1.86. The number of aryl methyl sites for hydroxylation is 1. The lowest BCUT2D eigenvalue weighted by atomic mass is 9.43. The van der Waals surface area contributed by atoms with E-state index in [-0.39, 0.29) is 0 Å². The molecule has 0 aliphatic heterocycles. The zero-order valence-electron chi connectivity index (χ0n) is 11.1. The van der Waals surface area contributed by atoms with Crippen LogP contribution in [0.4, 0.5) is 0 Å². The van der Waals surface area contributed by atoms with Crippen LogP contribution in [-0.2, 0) is 5.41 Å². The van der Waals surface area contributed by atoms with Crippen LogP contribution in [0.15, 0.2) is 24.3 Å². The zero-order valence-corrected chi connectivity index (χ0v) is 11.1. The van der Waals surface area contributed by atoms with Crippen molar-refractivity contribution in [3.63, 3.8) is 0 Å². The molecule has 3 rings (SSSR count). The van der Waals surface area contributed by atoms with Crippen LogP contribution in [0.3, 0.4) is 0 Å². The maximum atomic E-state index is 3.41. The largest absolute Gasteiger partial charge is 0.319 e. The van der Waals surface area contributed by atoms with Crippen LogP contribution in [0, 0.1) is 12.3 Å². The third-order valence-electron chi connectivity index (χ3n) is 4.99. The lowest BCUT2D eigenvalue weighted by molar-refractivity contribution is -0.0475. The van der Waals surface area contributed by atoms with E-state index in [1.54, 1.807) is 5.56 Å². The average molecular weight is 229 g/mol. The summed E-state index contributed by atoms with van der Waals surface area (Å²) in [5.41, 5.74) is 4.12. The van der Waals surface area contributed by atoms with E-state index in [1.807, 2.05) is 0 Å². The molecule has 0 atom stereocenters. The van der Waals surface area contributed by atoms with Crippen molar-refractivity contribution in [1.82, 2.24) is 5.32 Å². The van der Waals surface area contributed by atoms with Crippen molar-refractivity contribution >= 4 is 0 Å². The third-order valence-corrected chi connectivity index (χ3v) is 4.99. The van der Waals surface area contributed by atoms with Crippen molar-refractivity contribution in [3.05, 3.63) is 35.4 Å². The number of likely N-dealkylation sites (N-methyl/N-ethyl adjacent to an activating group) is 1. The van der Waals surface area contributed by atoms with Crippen LogP contribution in [0.25, 0.3) is 0 Å². The average Bonchev–Trinajstić information content (AvgIpc) is 2.20. The highest BCUT2D eigenvalue weighted by molar-refractivity contribution is 5.35. The van der Waals surface area contributed by atoms with Gasteiger partial charge in [0.15, 0.2) is 0 Å². The molecule has 0 radical (unpaired) electrons. The Bertz CT molecular complexity index is 409. The SMILES string of the molecule is CNCC1(c2cccc(C)c2)CC2(CCC2)C1. The third kappa shape index (κ3) is 1.72. The van der Waals surface area contributed by atoms with Crippen molar-refractivity contribution in [2.45, 2.75) is 44.4 Å². The molecule has 1 aromatic carbocycles. The molecule has 0 saturated heterocycles. The van der Waals surface area contributed by atoms with Crippen LogP contribution in [0.5, 0.6) is 0 Å². The number of benzene rings is 1. The van der Waals surface area contributed by atoms with Crippen molar-refractivity contribution in [2.24, 2.45) is 5.41 Å². The van der Waals surface area contributed by atoms with Gasteiger partial charge in [0.2, 0.25) is 0 Å². The minimum Gasteiger partial charge on any atom is -0.319 e. The molecule has 1 N–H and O–H groups in total. The number of hydrogen-bond donors (Lipinski definition) is 1. The number of rotatable bonds is 3. The van der Waals surface area contributed by atoms with Gasteiger partial charge in [0.25, 0.3) is 0 Å². The first-order valence-corrected chi connectivity index (χ1v) is 6.90. The first-order valence-electron chi connectivity index (χ1n) is 6.90. The summed E-state index contributed by atoms with van der Waals surface area (Å²) >= 11 is 0. The van der Waals surface area contributed by atoms with Crippen LogP contribution in [-0.4, -0.2) is 13.6 Å². The standard InChI is InChI=1S/C16H23N/c1-13-5-3-6-14(9-13)16(12-17-2)10-15(11-16)7-4-8-15/h3,5-6,9,17H,4,7-8,10-12H2,1-2H3. The highest BCUT2D eigenvalue weighted by Crippen LogP contribution is 2.64. The van der Waals surface area contributed by atoms with E-state index >= 15 is 0 Å². The summed E-state index contributed by atoms with van der Waals surface area (Å²) in [6.45, 7) is 3.34. The molecule has 0 aromatic heterocycles. The monoisotopic (exact) mass is 229 g/mol. The molecule has 2 aliphatic carbocycles. The Morgan fingerprint density at radius 2 is 2.00 bits per heavy atom. The summed E-state index contributed by atoms with van der Waals surface area (Å²) in [7, 11) is 2.09. The molecule has 2 saturated carbocycles. The van der Waals surface area contributed by atoms with Gasteiger partial charge in [-0.05, 0) is 50.6 Å². The predicted octanol–water partition coefficient (Wildman–Crippen LogP) is 3.42. The minimum absolute atomic E-state index is 0.432. The normalized spacial score (nSPS) is 24.1. The Hall–Kier alpha value is -0.820. The maximum absolute atomic E-state index is 3.41. The molecule has 0 amide bonds. The molecule has 0 heterocycles. The van der Waals surface area contributed by atoms with Crippen LogP contribution in [0.2, 0.25) is 0 Å². The maximum Gasteiger partial charge on any atom is 0.00883 e. The van der Waals surface area contributed by atoms with Crippen LogP contribution in [0.1, 0.15) is 43.2 Å². The van der Waals surface area contributed by atoms with E-state index in [1.165, 1.54) is 37.7 Å². The molecule has 1 aromatic rings. The molecule has 1 spiro atoms. The fourth-order valence-electron chi connectivity index (χ4n) is 4.16. The van der Waals surface area contributed by atoms with Gasteiger partial charge in [-0.3, -0.25) is 0 Å². The summed E-state index contributed by atoms with van der Waals surface area (Å²) in [5.74, 6) is 0. The van der Waals surface area contributed by atoms with Crippen molar-refractivity contribution < 1.29 is 0 Å². The van der Waals surface area contributed by atoms with Crippen LogP contribution < -0.4 is 5.32 Å². The molecular weight excluding hydrogens is 206 g/mol. The number of nitrogens with one attached hydrogen (secondary N) is 1. The lowest BCUT2D eigenvalue weighted by Gasteiger charge is -2.61. The molecule has 2 fully saturated rings. The van der Waals surface area contributed by atoms with E-state index in [2.05, 4.69) is 43.6 Å². The molecule has 0 unspecified atom stereocenters. The quantitative estimate of drug-likeness (QED) is 0.837. The van der Waals surface area contributed by atoms with Gasteiger partial charge in [-0.1, -0.05) is 36.2 Å². The van der Waals surface area contributed by atoms with Crippen molar-refractivity contribution in [3.8, 4) is 0 Å². The smallest absolute Gasteiger partial charge is 0.00883 e. The van der Waals surface area contributed by atoms with E-state index < -0.39 is 0 Å². The van der Waals surface area contributed by atoms with Gasteiger partial charge in [-0.2, -0.15) is 0 Å². The lowest BCUT2D eigenvalue weighted by Crippen LogP contribution is -2.57. The highest BCUT2D eigenvalue weighted by atomic mass is 14.9. The second-order valence-corrected chi connectivity index (χ2v) is 6.39. The highest BCUT2D eigenvalue weighted by Gasteiger charge is 2.56. The minimum atomic E-state index is 0.432. The van der Waals surface area contributed by atoms with Gasteiger partial charge in [0.1, 0.15) is 0 Å². The first-order chi connectivity index (χ1) is 8.18. The Morgan fingerprint density at radius 1 is 1.24 bits per heavy atom. The summed E-state index contributed by atoms with van der Waals surface area (Å²) in [4.78, 5) is 0. The Kier molecular flexibility index (Phi) is 2.55. The van der Waals surface area contributed by atoms with E-state index in [0.29, 0.717) is 5.41 Å². The van der Waals surface area contributed by atoms with E-state index in [0.717, 1.165) is 12.0 Å². The topological polar surface area (TPSA) is 12.0 Å². The molecule has 1 heteroatoms. The molecule has 1 nitrogen and oxygen atoms in total. The summed E-state index contributed by atoms with van der Waals surface area (Å²) in [5, 5.41) is 3.41. The molecule has 92 valence electrons. The van der Waals surface area contributed by atoms with Gasteiger partial charge in [-0.15, -0.1) is 0 Å². The zero-order chi connectivity index (χ0) is 11.9. The first kappa shape index (κ1) is 11.3. The van der Waals surface area contributed by atoms with Crippen LogP contribution >= 0.6 is 0 Å². The van der Waals surface area contributed by atoms with Gasteiger partial charge in [0.05, 0.1) is 0 Å². The predicted molar refractivity (Wildman–Crippen MR) is 72.3 cm³/mol. The molecule has 2 aliphatic rings. The number of hydrogen-bond acceptors (Lipinski definition) is 1. The second-order valence-electron chi connectivity index (χ2n) is 6.39. The molecular formula is C16H23N. The van der Waals surface area contributed by atoms with E-state index in [9.17, 15) is 0 Å². The summed E-state index contributed by atoms with van der Waals surface area (Å²) < 4.78 is 0. The Morgan fingerprint density at radius 3 is 2.53 bits per heavy atom. The fraction of sp³-hybridized carbons (Fsp3) is 0.625. The van der Waals surface area contributed by atoms with Crippen molar-refractivity contribution in [1.29, 1.82) is 0 Å². The van der Waals surface area contributed by atoms with Gasteiger partial charge >= 0.3 is 0 Å². The molecule has 0 bridgehead atoms. The van der Waals surface area contributed by atoms with Gasteiger partial charge < -0.3 is 5.32 Å². The second kappa shape index (κ2) is 3.84. The molecule has 17 heavy (non-hydrogen) atoms. The Labute approximate surface area is 105 Å². The fourth-order valence-corrected chi connectivity index (χ4v) is 4.16. The summed E-state index contributed by atoms with van der Waals surface area (Å²) in [6.07, 6.45) is 7.23.